The topological polar surface area (TPSA) is 94.1 Å². The van der Waals surface area contributed by atoms with E-state index in [0.29, 0.717) is 23.8 Å². The molecule has 0 radical (unpaired) electrons. The number of nitro groups is 1. The normalized spacial score (nSPS) is 16.6. The number of aromatic nitrogens is 1. The van der Waals surface area contributed by atoms with Gasteiger partial charge in [0.15, 0.2) is 0 Å². The van der Waals surface area contributed by atoms with E-state index in [9.17, 15) is 10.1 Å². The predicted molar refractivity (Wildman–Crippen MR) is 64.8 cm³/mol. The van der Waals surface area contributed by atoms with Crippen LogP contribution < -0.4 is 11.1 Å². The summed E-state index contributed by atoms with van der Waals surface area (Å²) in [5, 5.41) is 14.0. The van der Waals surface area contributed by atoms with Crippen LogP contribution in [0.4, 0.5) is 11.5 Å². The van der Waals surface area contributed by atoms with Crippen LogP contribution in [0, 0.1) is 23.0 Å². The Bertz CT molecular complexity index is 431. The third-order valence-corrected chi connectivity index (χ3v) is 3.05. The standard InChI is InChI=1S/C11H16N4O2/c1-7-6-13-11(4-10(7)15(16)17)14-9(5-12)8-2-3-8/h4,6,8-9H,2-3,5,12H2,1H3,(H,13,14). The highest BCUT2D eigenvalue weighted by molar-refractivity contribution is 5.49. The number of hydrogen-bond donors (Lipinski definition) is 2. The molecule has 6 nitrogen and oxygen atoms in total. The quantitative estimate of drug-likeness (QED) is 0.596. The maximum Gasteiger partial charge on any atom is 0.277 e. The molecule has 1 atom stereocenters. The molecule has 3 N–H and O–H groups in total. The minimum atomic E-state index is -0.392. The zero-order valence-electron chi connectivity index (χ0n) is 9.72. The molecule has 1 heterocycles. The van der Waals surface area contributed by atoms with Gasteiger partial charge in [0.05, 0.1) is 11.0 Å². The zero-order chi connectivity index (χ0) is 12.4. The minimum Gasteiger partial charge on any atom is -0.366 e. The largest absolute Gasteiger partial charge is 0.366 e. The van der Waals surface area contributed by atoms with Gasteiger partial charge in [-0.05, 0) is 25.7 Å². The summed E-state index contributed by atoms with van der Waals surface area (Å²) in [6, 6.07) is 1.64. The number of anilines is 1. The maximum atomic E-state index is 10.8. The van der Waals surface area contributed by atoms with Crippen molar-refractivity contribution in [2.24, 2.45) is 11.7 Å². The van der Waals surface area contributed by atoms with Crippen LogP contribution in [0.25, 0.3) is 0 Å². The van der Waals surface area contributed by atoms with Crippen molar-refractivity contribution in [3.05, 3.63) is 27.9 Å². The Morgan fingerprint density at radius 3 is 2.94 bits per heavy atom. The maximum absolute atomic E-state index is 10.8. The highest BCUT2D eigenvalue weighted by Crippen LogP contribution is 2.34. The van der Waals surface area contributed by atoms with Gasteiger partial charge < -0.3 is 11.1 Å². The molecular formula is C11H16N4O2. The molecule has 0 spiro atoms. The molecule has 0 aliphatic heterocycles. The van der Waals surface area contributed by atoms with Crippen molar-refractivity contribution in [1.29, 1.82) is 0 Å². The summed E-state index contributed by atoms with van der Waals surface area (Å²) >= 11 is 0. The van der Waals surface area contributed by atoms with Crippen LogP contribution in [0.3, 0.4) is 0 Å². The van der Waals surface area contributed by atoms with Gasteiger partial charge in [-0.1, -0.05) is 0 Å². The second-order valence-corrected chi connectivity index (χ2v) is 4.44. The van der Waals surface area contributed by atoms with Crippen molar-refractivity contribution >= 4 is 11.5 Å². The van der Waals surface area contributed by atoms with Crippen LogP contribution >= 0.6 is 0 Å². The Morgan fingerprint density at radius 2 is 2.41 bits per heavy atom. The summed E-state index contributed by atoms with van der Waals surface area (Å²) in [7, 11) is 0. The number of aryl methyl sites for hydroxylation is 1. The fourth-order valence-corrected chi connectivity index (χ4v) is 1.85. The summed E-state index contributed by atoms with van der Waals surface area (Å²) in [6.07, 6.45) is 3.85. The molecule has 1 aromatic rings. The average Bonchev–Trinajstić information content (AvgIpc) is 3.11. The van der Waals surface area contributed by atoms with E-state index in [4.69, 9.17) is 5.73 Å². The van der Waals surface area contributed by atoms with E-state index in [1.165, 1.54) is 25.1 Å². The highest BCUT2D eigenvalue weighted by Gasteiger charge is 2.30. The van der Waals surface area contributed by atoms with Gasteiger partial charge in [0.1, 0.15) is 5.82 Å². The highest BCUT2D eigenvalue weighted by atomic mass is 16.6. The smallest absolute Gasteiger partial charge is 0.277 e. The van der Waals surface area contributed by atoms with Gasteiger partial charge in [-0.2, -0.15) is 0 Å². The Hall–Kier alpha value is -1.69. The SMILES string of the molecule is Cc1cnc(NC(CN)C2CC2)cc1[N+](=O)[O-]. The molecule has 17 heavy (non-hydrogen) atoms. The summed E-state index contributed by atoms with van der Waals surface area (Å²) in [4.78, 5) is 14.6. The molecule has 1 aliphatic carbocycles. The third kappa shape index (κ3) is 2.71. The predicted octanol–water partition coefficient (Wildman–Crippen LogP) is 1.45. The molecule has 0 bridgehead atoms. The number of nitrogens with zero attached hydrogens (tertiary/aromatic N) is 2. The van der Waals surface area contributed by atoms with Gasteiger partial charge in [0.2, 0.25) is 0 Å². The summed E-state index contributed by atoms with van der Waals surface area (Å²) in [5.41, 5.74) is 6.32. The van der Waals surface area contributed by atoms with Crippen molar-refractivity contribution in [3.63, 3.8) is 0 Å². The van der Waals surface area contributed by atoms with Gasteiger partial charge in [-0.15, -0.1) is 0 Å². The first-order valence-corrected chi connectivity index (χ1v) is 5.69. The van der Waals surface area contributed by atoms with Crippen molar-refractivity contribution in [3.8, 4) is 0 Å². The lowest BCUT2D eigenvalue weighted by Gasteiger charge is -2.16. The molecular weight excluding hydrogens is 220 g/mol. The fourth-order valence-electron chi connectivity index (χ4n) is 1.85. The number of nitrogens with one attached hydrogen (secondary N) is 1. The molecule has 1 saturated carbocycles. The van der Waals surface area contributed by atoms with Crippen LogP contribution in [-0.4, -0.2) is 22.5 Å². The van der Waals surface area contributed by atoms with E-state index in [1.807, 2.05) is 0 Å². The van der Waals surface area contributed by atoms with Crippen LogP contribution in [0.15, 0.2) is 12.3 Å². The Kier molecular flexibility index (Phi) is 3.23. The van der Waals surface area contributed by atoms with Crippen molar-refractivity contribution in [2.45, 2.75) is 25.8 Å². The lowest BCUT2D eigenvalue weighted by atomic mass is 10.2. The van der Waals surface area contributed by atoms with Crippen LogP contribution in [0.2, 0.25) is 0 Å². The summed E-state index contributed by atoms with van der Waals surface area (Å²) in [5.74, 6) is 1.12. The van der Waals surface area contributed by atoms with Gasteiger partial charge >= 0.3 is 0 Å². The number of pyridine rings is 1. The lowest BCUT2D eigenvalue weighted by Crippen LogP contribution is -2.31. The summed E-state index contributed by atoms with van der Waals surface area (Å²) in [6.45, 7) is 2.20. The third-order valence-electron chi connectivity index (χ3n) is 3.05. The minimum absolute atomic E-state index is 0.0917. The van der Waals surface area contributed by atoms with Crippen LogP contribution in [0.1, 0.15) is 18.4 Å². The summed E-state index contributed by atoms with van der Waals surface area (Å²) < 4.78 is 0. The van der Waals surface area contributed by atoms with Crippen molar-refractivity contribution in [2.75, 3.05) is 11.9 Å². The number of nitrogens with two attached hydrogens (primary N) is 1. The molecule has 1 unspecified atom stereocenters. The first kappa shape index (κ1) is 11.8. The molecule has 1 aromatic heterocycles. The molecule has 0 saturated heterocycles. The Balaban J connectivity index is 2.15. The van der Waals surface area contributed by atoms with E-state index in [-0.39, 0.29) is 11.7 Å². The first-order valence-electron chi connectivity index (χ1n) is 5.69. The number of hydrogen-bond acceptors (Lipinski definition) is 5. The first-order chi connectivity index (χ1) is 8.11. The molecule has 1 fully saturated rings. The van der Waals surface area contributed by atoms with Crippen LogP contribution in [0.5, 0.6) is 0 Å². The van der Waals surface area contributed by atoms with E-state index in [2.05, 4.69) is 10.3 Å². The van der Waals surface area contributed by atoms with Gasteiger partial charge in [-0.25, -0.2) is 4.98 Å². The van der Waals surface area contributed by atoms with Gasteiger partial charge in [-0.3, -0.25) is 10.1 Å². The zero-order valence-corrected chi connectivity index (χ0v) is 9.72. The average molecular weight is 236 g/mol. The van der Waals surface area contributed by atoms with E-state index < -0.39 is 4.92 Å². The van der Waals surface area contributed by atoms with E-state index in [1.54, 1.807) is 6.92 Å². The van der Waals surface area contributed by atoms with Crippen molar-refractivity contribution < 1.29 is 4.92 Å². The Morgan fingerprint density at radius 1 is 1.71 bits per heavy atom. The second-order valence-electron chi connectivity index (χ2n) is 4.44. The molecule has 0 aromatic carbocycles. The molecule has 6 heteroatoms. The van der Waals surface area contributed by atoms with Crippen molar-refractivity contribution in [1.82, 2.24) is 4.98 Å². The van der Waals surface area contributed by atoms with Gasteiger partial charge in [0.25, 0.3) is 5.69 Å². The monoisotopic (exact) mass is 236 g/mol. The lowest BCUT2D eigenvalue weighted by molar-refractivity contribution is -0.385. The molecule has 92 valence electrons. The second kappa shape index (κ2) is 4.67. The fraction of sp³-hybridized carbons (Fsp3) is 0.545. The Labute approximate surface area is 99.4 Å². The molecule has 2 rings (SSSR count). The van der Waals surface area contributed by atoms with Crippen LogP contribution in [-0.2, 0) is 0 Å². The molecule has 0 amide bonds. The number of rotatable bonds is 5. The van der Waals surface area contributed by atoms with E-state index in [0.717, 1.165) is 0 Å². The van der Waals surface area contributed by atoms with Gasteiger partial charge in [0, 0.05) is 24.3 Å². The van der Waals surface area contributed by atoms with E-state index >= 15 is 0 Å². The molecule has 1 aliphatic rings.